The molecule has 0 radical (unpaired) electrons. The van der Waals surface area contributed by atoms with E-state index >= 15 is 0 Å². The van der Waals surface area contributed by atoms with Crippen LogP contribution < -0.4 is 10.2 Å². The van der Waals surface area contributed by atoms with Gasteiger partial charge in [-0.1, -0.05) is 11.6 Å². The number of hydrogen-bond donors (Lipinski definition) is 1. The van der Waals surface area contributed by atoms with Crippen LogP contribution in [0.1, 0.15) is 24.4 Å². The van der Waals surface area contributed by atoms with Crippen molar-refractivity contribution in [2.75, 3.05) is 38.6 Å². The van der Waals surface area contributed by atoms with Gasteiger partial charge in [0.1, 0.15) is 5.82 Å². The Kier molecular flexibility index (Phi) is 6.51. The lowest BCUT2D eigenvalue weighted by molar-refractivity contribution is -0.125. The van der Waals surface area contributed by atoms with Gasteiger partial charge in [0.2, 0.25) is 5.91 Å². The van der Waals surface area contributed by atoms with Crippen LogP contribution >= 0.6 is 22.9 Å². The third-order valence-electron chi connectivity index (χ3n) is 4.92. The number of hydrogen-bond acceptors (Lipinski definition) is 5. The van der Waals surface area contributed by atoms with E-state index in [0.717, 1.165) is 31.7 Å². The first-order valence-electron chi connectivity index (χ1n) is 8.87. The summed E-state index contributed by atoms with van der Waals surface area (Å²) >= 11 is 7.59. The molecule has 1 atom stereocenters. The summed E-state index contributed by atoms with van der Waals surface area (Å²) < 4.78 is 0. The second-order valence-corrected chi connectivity index (χ2v) is 8.09. The average molecular weight is 393 g/mol. The van der Waals surface area contributed by atoms with E-state index in [1.54, 1.807) is 17.5 Å². The van der Waals surface area contributed by atoms with Crippen molar-refractivity contribution in [2.24, 2.45) is 5.92 Å². The van der Waals surface area contributed by atoms with Crippen LogP contribution in [0.15, 0.2) is 35.2 Å². The number of nitrogens with zero attached hydrogens (tertiary/aromatic N) is 3. The highest BCUT2D eigenvalue weighted by molar-refractivity contribution is 7.07. The van der Waals surface area contributed by atoms with E-state index in [1.165, 1.54) is 5.56 Å². The summed E-state index contributed by atoms with van der Waals surface area (Å²) in [6.45, 7) is 2.32. The van der Waals surface area contributed by atoms with Gasteiger partial charge in [0.05, 0.1) is 11.1 Å². The molecule has 3 heterocycles. The number of rotatable bonds is 6. The van der Waals surface area contributed by atoms with E-state index in [-0.39, 0.29) is 17.9 Å². The van der Waals surface area contributed by atoms with E-state index < -0.39 is 0 Å². The molecule has 3 rings (SSSR count). The molecule has 1 unspecified atom stereocenters. The maximum atomic E-state index is 12.6. The fourth-order valence-electron chi connectivity index (χ4n) is 3.33. The Morgan fingerprint density at radius 2 is 2.15 bits per heavy atom. The molecule has 26 heavy (non-hydrogen) atoms. The van der Waals surface area contributed by atoms with Crippen molar-refractivity contribution in [3.8, 4) is 0 Å². The highest BCUT2D eigenvalue weighted by atomic mass is 35.5. The van der Waals surface area contributed by atoms with Crippen LogP contribution in [0, 0.1) is 5.92 Å². The zero-order valence-corrected chi connectivity index (χ0v) is 16.8. The van der Waals surface area contributed by atoms with E-state index in [0.29, 0.717) is 11.6 Å². The summed E-state index contributed by atoms with van der Waals surface area (Å²) in [4.78, 5) is 21.3. The largest absolute Gasteiger partial charge is 0.357 e. The number of halogens is 1. The smallest absolute Gasteiger partial charge is 0.223 e. The molecule has 0 aromatic carbocycles. The van der Waals surface area contributed by atoms with Crippen molar-refractivity contribution in [3.05, 3.63) is 45.7 Å². The van der Waals surface area contributed by atoms with Crippen LogP contribution in [0.25, 0.3) is 0 Å². The minimum Gasteiger partial charge on any atom is -0.357 e. The number of pyridine rings is 1. The quantitative estimate of drug-likeness (QED) is 0.818. The number of amides is 1. The van der Waals surface area contributed by atoms with Crippen LogP contribution in [0.3, 0.4) is 0 Å². The van der Waals surface area contributed by atoms with Crippen molar-refractivity contribution >= 4 is 34.7 Å². The van der Waals surface area contributed by atoms with Gasteiger partial charge in [-0.2, -0.15) is 11.3 Å². The van der Waals surface area contributed by atoms with Gasteiger partial charge >= 0.3 is 0 Å². The van der Waals surface area contributed by atoms with Crippen molar-refractivity contribution in [3.63, 3.8) is 0 Å². The van der Waals surface area contributed by atoms with Crippen molar-refractivity contribution in [1.82, 2.24) is 15.2 Å². The highest BCUT2D eigenvalue weighted by Gasteiger charge is 2.26. The fraction of sp³-hybridized carbons (Fsp3) is 0.474. The molecule has 1 saturated heterocycles. The maximum absolute atomic E-state index is 12.6. The molecule has 140 valence electrons. The summed E-state index contributed by atoms with van der Waals surface area (Å²) in [7, 11) is 4.10. The molecular formula is C19H25ClN4OS. The minimum atomic E-state index is 0.0730. The first-order chi connectivity index (χ1) is 12.5. The molecule has 2 aromatic rings. The lowest BCUT2D eigenvalue weighted by Gasteiger charge is -2.32. The molecule has 0 spiro atoms. The number of piperidine rings is 1. The Balaban J connectivity index is 1.49. The Hall–Kier alpha value is -1.63. The molecule has 5 nitrogen and oxygen atoms in total. The number of likely N-dealkylation sites (N-methyl/N-ethyl adjacent to an activating group) is 1. The van der Waals surface area contributed by atoms with Crippen LogP contribution in [0.2, 0.25) is 5.02 Å². The number of nitrogens with one attached hydrogen (secondary N) is 1. The van der Waals surface area contributed by atoms with Crippen molar-refractivity contribution < 1.29 is 4.79 Å². The van der Waals surface area contributed by atoms with Crippen molar-refractivity contribution in [2.45, 2.75) is 18.9 Å². The molecule has 1 fully saturated rings. The first kappa shape index (κ1) is 19.1. The SMILES string of the molecule is CN(C)C(CNC(=O)C1CCN(c2ccc(Cl)cn2)CC1)c1ccsc1. The van der Waals surface area contributed by atoms with Crippen LogP contribution in [-0.2, 0) is 4.79 Å². The molecular weight excluding hydrogens is 368 g/mol. The van der Waals surface area contributed by atoms with Gasteiger partial charge in [-0.15, -0.1) is 0 Å². The Morgan fingerprint density at radius 1 is 1.38 bits per heavy atom. The lowest BCUT2D eigenvalue weighted by atomic mass is 9.95. The summed E-state index contributed by atoms with van der Waals surface area (Å²) in [5.41, 5.74) is 1.25. The Morgan fingerprint density at radius 3 is 2.73 bits per heavy atom. The van der Waals surface area contributed by atoms with Gasteiger partial charge in [0.25, 0.3) is 0 Å². The summed E-state index contributed by atoms with van der Waals surface area (Å²) in [6.07, 6.45) is 3.37. The van der Waals surface area contributed by atoms with E-state index in [4.69, 9.17) is 11.6 Å². The van der Waals surface area contributed by atoms with E-state index in [9.17, 15) is 4.79 Å². The Labute approximate surface area is 164 Å². The number of aromatic nitrogens is 1. The second kappa shape index (κ2) is 8.84. The highest BCUT2D eigenvalue weighted by Crippen LogP contribution is 2.24. The molecule has 1 aliphatic heterocycles. The molecule has 2 aromatic heterocycles. The average Bonchev–Trinajstić information content (AvgIpc) is 3.16. The summed E-state index contributed by atoms with van der Waals surface area (Å²) in [6, 6.07) is 6.13. The van der Waals surface area contributed by atoms with Gasteiger partial charge in [-0.25, -0.2) is 4.98 Å². The summed E-state index contributed by atoms with van der Waals surface area (Å²) in [5.74, 6) is 1.16. The number of carbonyl (C=O) groups excluding carboxylic acids is 1. The van der Waals surface area contributed by atoms with E-state index in [2.05, 4.69) is 36.9 Å². The van der Waals surface area contributed by atoms with Crippen molar-refractivity contribution in [1.29, 1.82) is 0 Å². The van der Waals surface area contributed by atoms with Gasteiger partial charge in [0, 0.05) is 31.7 Å². The van der Waals surface area contributed by atoms with Gasteiger partial charge in [-0.05, 0) is 61.5 Å². The fourth-order valence-corrected chi connectivity index (χ4v) is 4.15. The summed E-state index contributed by atoms with van der Waals surface area (Å²) in [5, 5.41) is 8.02. The monoisotopic (exact) mass is 392 g/mol. The topological polar surface area (TPSA) is 48.5 Å². The van der Waals surface area contributed by atoms with Gasteiger partial charge in [-0.3, -0.25) is 4.79 Å². The third kappa shape index (κ3) is 4.75. The minimum absolute atomic E-state index is 0.0730. The lowest BCUT2D eigenvalue weighted by Crippen LogP contribution is -2.43. The van der Waals surface area contributed by atoms with Crippen LogP contribution in [0.5, 0.6) is 0 Å². The van der Waals surface area contributed by atoms with Gasteiger partial charge < -0.3 is 15.1 Å². The van der Waals surface area contributed by atoms with E-state index in [1.807, 2.05) is 26.2 Å². The third-order valence-corrected chi connectivity index (χ3v) is 5.85. The molecule has 0 aliphatic carbocycles. The molecule has 0 bridgehead atoms. The number of carbonyl (C=O) groups is 1. The number of anilines is 1. The molecule has 1 amide bonds. The predicted molar refractivity (Wildman–Crippen MR) is 108 cm³/mol. The zero-order chi connectivity index (χ0) is 18.5. The van der Waals surface area contributed by atoms with Gasteiger partial charge in [0.15, 0.2) is 0 Å². The van der Waals surface area contributed by atoms with Crippen LogP contribution in [0.4, 0.5) is 5.82 Å². The Bertz CT molecular complexity index is 697. The number of thiophene rings is 1. The zero-order valence-electron chi connectivity index (χ0n) is 15.2. The predicted octanol–water partition coefficient (Wildman–Crippen LogP) is 3.43. The normalized spacial score (nSPS) is 16.7. The molecule has 0 saturated carbocycles. The first-order valence-corrected chi connectivity index (χ1v) is 10.2. The molecule has 7 heteroatoms. The van der Waals surface area contributed by atoms with Crippen LogP contribution in [-0.4, -0.2) is 49.5 Å². The molecule has 1 aliphatic rings. The molecule has 1 N–H and O–H groups in total. The maximum Gasteiger partial charge on any atom is 0.223 e. The standard InChI is InChI=1S/C19H25ClN4OS/c1-23(2)17(15-7-10-26-13-15)12-22-19(25)14-5-8-24(9-6-14)18-4-3-16(20)11-21-18/h3-4,7,10-11,13-14,17H,5-6,8-9,12H2,1-2H3,(H,22,25). The second-order valence-electron chi connectivity index (χ2n) is 6.88.